The van der Waals surface area contributed by atoms with Gasteiger partial charge in [0.25, 0.3) is 0 Å². The molecule has 5 heteroatoms. The Labute approximate surface area is 178 Å². The molecular weight excluding hydrogens is 411 g/mol. The molecule has 1 saturated carbocycles. The first-order valence-electron chi connectivity index (χ1n) is 8.21. The molecule has 6 atom stereocenters. The van der Waals surface area contributed by atoms with Crippen molar-refractivity contribution in [2.24, 2.45) is 17.8 Å². The van der Waals surface area contributed by atoms with E-state index in [1.807, 2.05) is 0 Å². The molecule has 0 aromatic heterocycles. The molecule has 2 aliphatic rings. The predicted octanol–water partition coefficient (Wildman–Crippen LogP) is -4.28. The molecule has 130 valence electrons. The smallest absolute Gasteiger partial charge is 1.00 e. The van der Waals surface area contributed by atoms with Crippen LogP contribution in [0.4, 0.5) is 0 Å². The van der Waals surface area contributed by atoms with Crippen molar-refractivity contribution >= 4 is 13.3 Å². The van der Waals surface area contributed by atoms with Gasteiger partial charge in [-0.25, -0.2) is 0 Å². The van der Waals surface area contributed by atoms with Crippen molar-refractivity contribution in [2.75, 3.05) is 0 Å². The third-order valence-electron chi connectivity index (χ3n) is 6.09. The number of benzene rings is 1. The van der Waals surface area contributed by atoms with E-state index in [9.17, 15) is 0 Å². The van der Waals surface area contributed by atoms with Crippen LogP contribution >= 0.6 is 0 Å². The summed E-state index contributed by atoms with van der Waals surface area (Å²) in [6, 6.07) is 12.7. The SMILES string of the molecule is CC[Si](C)(c1ccccc1)C1C(C)[CH]([Ti+3])C2C=CC=CC21.[Cl-].[Cl-].[Cl-]. The molecule has 0 radical (unpaired) electrons. The Balaban J connectivity index is 0.00000176. The second-order valence-electron chi connectivity index (χ2n) is 6.97. The summed E-state index contributed by atoms with van der Waals surface area (Å²) in [5, 5.41) is 1.65. The van der Waals surface area contributed by atoms with Gasteiger partial charge < -0.3 is 37.2 Å². The van der Waals surface area contributed by atoms with E-state index in [0.717, 1.165) is 27.5 Å². The van der Waals surface area contributed by atoms with Gasteiger partial charge in [0, 0.05) is 0 Å². The Morgan fingerprint density at radius 3 is 2.04 bits per heavy atom. The van der Waals surface area contributed by atoms with Crippen LogP contribution in [0.15, 0.2) is 54.6 Å². The maximum absolute atomic E-state index is 2.63. The average Bonchev–Trinajstić information content (AvgIpc) is 2.80. The zero-order valence-electron chi connectivity index (χ0n) is 14.4. The van der Waals surface area contributed by atoms with Gasteiger partial charge in [0.1, 0.15) is 0 Å². The fourth-order valence-electron chi connectivity index (χ4n) is 4.74. The van der Waals surface area contributed by atoms with Crippen molar-refractivity contribution in [2.45, 2.75) is 36.2 Å². The van der Waals surface area contributed by atoms with Crippen molar-refractivity contribution in [1.82, 2.24) is 0 Å². The first-order valence-corrected chi connectivity index (χ1v) is 11.9. The standard InChI is InChI=1S/C19H25Si.3ClH.Ti/c1-4-20(3,17-11-6-5-7-12-17)19-15(2)14-16-10-8-9-13-18(16)19;;;;/h5-16,18-19H,4H2,1-3H3;3*1H;/q;;;;+3/p-3. The van der Waals surface area contributed by atoms with Crippen molar-refractivity contribution in [3.63, 3.8) is 0 Å². The summed E-state index contributed by atoms with van der Waals surface area (Å²) < 4.78 is 0.809. The minimum absolute atomic E-state index is 0. The Morgan fingerprint density at radius 1 is 0.958 bits per heavy atom. The van der Waals surface area contributed by atoms with Gasteiger partial charge in [0.2, 0.25) is 0 Å². The fourth-order valence-corrected chi connectivity index (χ4v) is 10.7. The molecule has 1 aromatic rings. The zero-order valence-corrected chi connectivity index (χ0v) is 19.3. The summed E-state index contributed by atoms with van der Waals surface area (Å²) >= 11 is 2.47. The van der Waals surface area contributed by atoms with Crippen LogP contribution in [0.1, 0.15) is 13.8 Å². The van der Waals surface area contributed by atoms with Crippen LogP contribution < -0.4 is 42.4 Å². The minimum atomic E-state index is -1.46. The number of hydrogen-bond acceptors (Lipinski definition) is 0. The third kappa shape index (κ3) is 4.08. The second kappa shape index (κ2) is 10.00. The molecule has 1 aromatic carbocycles. The van der Waals surface area contributed by atoms with Gasteiger partial charge in [0.05, 0.1) is 0 Å². The molecule has 6 unspecified atom stereocenters. The van der Waals surface area contributed by atoms with Crippen LogP contribution in [0.5, 0.6) is 0 Å². The van der Waals surface area contributed by atoms with Crippen molar-refractivity contribution in [3.05, 3.63) is 54.6 Å². The number of halogens is 3. The monoisotopic (exact) mass is 434 g/mol. The zero-order chi connectivity index (χ0) is 15.0. The Bertz CT molecular complexity index is 563. The quantitative estimate of drug-likeness (QED) is 0.422. The normalized spacial score (nSPS) is 32.6. The van der Waals surface area contributed by atoms with Gasteiger partial charge in [-0.05, 0) is 0 Å². The maximum Gasteiger partial charge on any atom is -1.00 e. The van der Waals surface area contributed by atoms with E-state index < -0.39 is 8.07 Å². The van der Waals surface area contributed by atoms with E-state index >= 15 is 0 Å². The van der Waals surface area contributed by atoms with Gasteiger partial charge in [0.15, 0.2) is 0 Å². The maximum atomic E-state index is 2.63. The first-order chi connectivity index (χ1) is 10.1. The summed E-state index contributed by atoms with van der Waals surface area (Å²) in [7, 11) is -1.46. The molecule has 3 rings (SSSR count). The molecule has 0 bridgehead atoms. The number of fused-ring (bicyclic) bond motifs is 1. The number of allylic oxidation sites excluding steroid dienone is 4. The Hall–Kier alpha value is 0.501. The summed E-state index contributed by atoms with van der Waals surface area (Å²) in [4.78, 5) is 0. The largest absolute Gasteiger partial charge is 1.00 e. The molecule has 2 aliphatic carbocycles. The topological polar surface area (TPSA) is 0 Å². The van der Waals surface area contributed by atoms with Crippen LogP contribution in [-0.2, 0) is 20.4 Å². The molecule has 0 aliphatic heterocycles. The number of hydrogen-bond donors (Lipinski definition) is 0. The molecule has 0 saturated heterocycles. The number of rotatable bonds is 3. The van der Waals surface area contributed by atoms with Gasteiger partial charge >= 0.3 is 142 Å². The minimum Gasteiger partial charge on any atom is -1.00 e. The Kier molecular flexibility index (Phi) is 10.2. The van der Waals surface area contributed by atoms with E-state index in [1.165, 1.54) is 6.04 Å². The molecule has 24 heavy (non-hydrogen) atoms. The van der Waals surface area contributed by atoms with E-state index in [0.29, 0.717) is 0 Å². The van der Waals surface area contributed by atoms with Gasteiger partial charge in [-0.3, -0.25) is 0 Å². The fraction of sp³-hybridized carbons (Fsp3) is 0.474. The molecule has 0 spiro atoms. The van der Waals surface area contributed by atoms with Gasteiger partial charge in [-0.2, -0.15) is 0 Å². The van der Waals surface area contributed by atoms with Crippen LogP contribution in [0.2, 0.25) is 22.4 Å². The summed E-state index contributed by atoms with van der Waals surface area (Å²) in [6.45, 7) is 7.57. The second-order valence-corrected chi connectivity index (χ2v) is 12.8. The molecular formula is C19H25Cl3SiTi. The molecule has 0 heterocycles. The van der Waals surface area contributed by atoms with Crippen LogP contribution in [0.25, 0.3) is 0 Å². The predicted molar refractivity (Wildman–Crippen MR) is 90.1 cm³/mol. The van der Waals surface area contributed by atoms with Crippen LogP contribution in [-0.4, -0.2) is 8.07 Å². The molecule has 0 nitrogen and oxygen atoms in total. The van der Waals surface area contributed by atoms with Crippen molar-refractivity contribution in [3.8, 4) is 0 Å². The molecule has 1 fully saturated rings. The Morgan fingerprint density at radius 2 is 1.50 bits per heavy atom. The van der Waals surface area contributed by atoms with Crippen molar-refractivity contribution in [1.29, 1.82) is 0 Å². The first kappa shape index (κ1) is 24.5. The summed E-state index contributed by atoms with van der Waals surface area (Å²) in [5.41, 5.74) is 0.867. The van der Waals surface area contributed by atoms with Crippen LogP contribution in [0, 0.1) is 17.8 Å². The summed E-state index contributed by atoms with van der Waals surface area (Å²) in [5.74, 6) is 2.35. The van der Waals surface area contributed by atoms with Crippen molar-refractivity contribution < 1.29 is 57.7 Å². The van der Waals surface area contributed by atoms with E-state index in [4.69, 9.17) is 0 Å². The van der Waals surface area contributed by atoms with Gasteiger partial charge in [-0.1, -0.05) is 0 Å². The van der Waals surface area contributed by atoms with E-state index in [-0.39, 0.29) is 37.2 Å². The summed E-state index contributed by atoms with van der Waals surface area (Å²) in [6.07, 6.45) is 9.54. The average molecular weight is 436 g/mol. The third-order valence-corrected chi connectivity index (χ3v) is 13.0. The van der Waals surface area contributed by atoms with E-state index in [2.05, 4.69) is 95.5 Å². The van der Waals surface area contributed by atoms with Gasteiger partial charge in [-0.15, -0.1) is 0 Å². The molecule has 0 amide bonds. The molecule has 0 N–H and O–H groups in total. The van der Waals surface area contributed by atoms with Crippen LogP contribution in [0.3, 0.4) is 0 Å². The van der Waals surface area contributed by atoms with E-state index in [1.54, 1.807) is 5.19 Å².